The normalized spacial score (nSPS) is 16.2. The summed E-state index contributed by atoms with van der Waals surface area (Å²) in [5.41, 5.74) is 2.33. The Balaban J connectivity index is 1.44. The van der Waals surface area contributed by atoms with Gasteiger partial charge in [-0.1, -0.05) is 30.8 Å². The van der Waals surface area contributed by atoms with E-state index in [-0.39, 0.29) is 17.3 Å². The summed E-state index contributed by atoms with van der Waals surface area (Å²) < 4.78 is 15.7. The van der Waals surface area contributed by atoms with Crippen LogP contribution in [-0.2, 0) is 17.6 Å². The maximum atomic E-state index is 13.7. The molecule has 154 valence electrons. The van der Waals surface area contributed by atoms with E-state index in [2.05, 4.69) is 22.4 Å². The van der Waals surface area contributed by atoms with Gasteiger partial charge in [0.05, 0.1) is 16.8 Å². The molecule has 0 saturated heterocycles. The molecular formula is C21H20FN5OS2. The number of thiophene rings is 1. The summed E-state index contributed by atoms with van der Waals surface area (Å²) in [6, 6.07) is 6.12. The lowest BCUT2D eigenvalue weighted by molar-refractivity contribution is -0.113. The topological polar surface area (TPSA) is 72.2 Å². The summed E-state index contributed by atoms with van der Waals surface area (Å²) in [7, 11) is 0. The highest BCUT2D eigenvalue weighted by molar-refractivity contribution is 7.99. The predicted molar refractivity (Wildman–Crippen MR) is 118 cm³/mol. The van der Waals surface area contributed by atoms with Gasteiger partial charge in [0.2, 0.25) is 5.91 Å². The number of nitrogens with one attached hydrogen (secondary N) is 1. The molecule has 0 saturated carbocycles. The quantitative estimate of drug-likeness (QED) is 0.467. The van der Waals surface area contributed by atoms with Crippen LogP contribution in [0.2, 0.25) is 0 Å². The molecular weight excluding hydrogens is 421 g/mol. The van der Waals surface area contributed by atoms with Crippen LogP contribution in [0.25, 0.3) is 15.9 Å². The molecule has 4 aromatic rings. The molecule has 0 aliphatic heterocycles. The van der Waals surface area contributed by atoms with Gasteiger partial charge < -0.3 is 5.32 Å². The van der Waals surface area contributed by atoms with Gasteiger partial charge in [-0.15, -0.1) is 21.5 Å². The van der Waals surface area contributed by atoms with E-state index >= 15 is 0 Å². The van der Waals surface area contributed by atoms with E-state index in [1.807, 2.05) is 11.3 Å². The molecule has 3 heterocycles. The number of hydrogen-bond acceptors (Lipinski definition) is 6. The van der Waals surface area contributed by atoms with Gasteiger partial charge >= 0.3 is 0 Å². The van der Waals surface area contributed by atoms with E-state index in [0.29, 0.717) is 11.1 Å². The van der Waals surface area contributed by atoms with Crippen molar-refractivity contribution >= 4 is 50.6 Å². The average molecular weight is 442 g/mol. The molecule has 1 N–H and O–H groups in total. The first-order valence-electron chi connectivity index (χ1n) is 9.84. The lowest BCUT2D eigenvalue weighted by atomic mass is 9.89. The van der Waals surface area contributed by atoms with Gasteiger partial charge in [0.15, 0.2) is 10.8 Å². The van der Waals surface area contributed by atoms with Crippen LogP contribution in [0.15, 0.2) is 29.4 Å². The molecule has 0 bridgehead atoms. The molecule has 1 aliphatic rings. The number of benzene rings is 1. The van der Waals surface area contributed by atoms with Crippen molar-refractivity contribution in [2.75, 3.05) is 11.1 Å². The first-order chi connectivity index (χ1) is 14.5. The number of thioether (sulfide) groups is 1. The molecule has 9 heteroatoms. The van der Waals surface area contributed by atoms with Crippen LogP contribution in [0, 0.1) is 18.7 Å². The number of fused-ring (bicyclic) bond motifs is 5. The smallest absolute Gasteiger partial charge is 0.234 e. The Bertz CT molecular complexity index is 1280. The second kappa shape index (κ2) is 7.63. The fraction of sp³-hybridized carbons (Fsp3) is 0.333. The van der Waals surface area contributed by atoms with Gasteiger partial charge in [0.1, 0.15) is 16.5 Å². The van der Waals surface area contributed by atoms with Crippen molar-refractivity contribution in [3.63, 3.8) is 0 Å². The minimum Gasteiger partial charge on any atom is -0.323 e. The summed E-state index contributed by atoms with van der Waals surface area (Å²) in [6.45, 7) is 4.22. The number of hydrogen-bond donors (Lipinski definition) is 1. The Morgan fingerprint density at radius 3 is 3.03 bits per heavy atom. The largest absolute Gasteiger partial charge is 0.323 e. The summed E-state index contributed by atoms with van der Waals surface area (Å²) in [6.07, 6.45) is 3.30. The molecule has 1 atom stereocenters. The zero-order chi connectivity index (χ0) is 20.8. The molecule has 30 heavy (non-hydrogen) atoms. The Kier molecular flexibility index (Phi) is 4.94. The molecule has 3 aromatic heterocycles. The number of anilines is 1. The van der Waals surface area contributed by atoms with E-state index in [4.69, 9.17) is 4.98 Å². The van der Waals surface area contributed by atoms with E-state index in [9.17, 15) is 9.18 Å². The van der Waals surface area contributed by atoms with E-state index in [1.165, 1.54) is 40.8 Å². The third-order valence-electron chi connectivity index (χ3n) is 5.42. The highest BCUT2D eigenvalue weighted by Crippen LogP contribution is 2.39. The Labute approximate surface area is 180 Å². The molecule has 0 spiro atoms. The number of carbonyl (C=O) groups excluding carboxylic acids is 1. The summed E-state index contributed by atoms with van der Waals surface area (Å²) >= 11 is 3.04. The van der Waals surface area contributed by atoms with Crippen LogP contribution in [0.5, 0.6) is 0 Å². The minimum atomic E-state index is -0.456. The zero-order valence-corrected chi connectivity index (χ0v) is 18.2. The van der Waals surface area contributed by atoms with Crippen molar-refractivity contribution in [3.05, 3.63) is 46.3 Å². The number of halogens is 1. The SMILES string of the molecule is Cc1nc2sc3c(c2c2nnc(SCC(=O)Nc4ccccc4F)n12)CC[C@@H](C)C3. The van der Waals surface area contributed by atoms with Crippen LogP contribution in [0.1, 0.15) is 29.6 Å². The summed E-state index contributed by atoms with van der Waals surface area (Å²) in [5, 5.41) is 13.1. The second-order valence-electron chi connectivity index (χ2n) is 7.65. The summed E-state index contributed by atoms with van der Waals surface area (Å²) in [4.78, 5) is 19.5. The van der Waals surface area contributed by atoms with E-state index < -0.39 is 5.82 Å². The highest BCUT2D eigenvalue weighted by Gasteiger charge is 2.25. The lowest BCUT2D eigenvalue weighted by Gasteiger charge is -2.17. The fourth-order valence-electron chi connectivity index (χ4n) is 3.94. The Morgan fingerprint density at radius 1 is 1.37 bits per heavy atom. The monoisotopic (exact) mass is 441 g/mol. The van der Waals surface area contributed by atoms with Crippen LogP contribution < -0.4 is 5.32 Å². The van der Waals surface area contributed by atoms with E-state index in [0.717, 1.165) is 34.5 Å². The number of rotatable bonds is 4. The molecule has 1 aliphatic carbocycles. The van der Waals surface area contributed by atoms with Crippen molar-refractivity contribution in [2.45, 2.75) is 38.3 Å². The average Bonchev–Trinajstić information content (AvgIpc) is 3.29. The van der Waals surface area contributed by atoms with Crippen molar-refractivity contribution < 1.29 is 9.18 Å². The number of aromatic nitrogens is 4. The predicted octanol–water partition coefficient (Wildman–Crippen LogP) is 4.64. The third kappa shape index (κ3) is 3.35. The second-order valence-corrected chi connectivity index (χ2v) is 9.68. The zero-order valence-electron chi connectivity index (χ0n) is 16.6. The van der Waals surface area contributed by atoms with Crippen LogP contribution in [-0.4, -0.2) is 31.2 Å². The molecule has 1 amide bonds. The number of amides is 1. The molecule has 5 rings (SSSR count). The fourth-order valence-corrected chi connectivity index (χ4v) is 6.14. The maximum Gasteiger partial charge on any atom is 0.234 e. The van der Waals surface area contributed by atoms with Gasteiger partial charge in [-0.3, -0.25) is 9.20 Å². The lowest BCUT2D eigenvalue weighted by Crippen LogP contribution is -2.15. The van der Waals surface area contributed by atoms with Crippen molar-refractivity contribution in [1.82, 2.24) is 19.6 Å². The molecule has 6 nitrogen and oxygen atoms in total. The van der Waals surface area contributed by atoms with Crippen molar-refractivity contribution in [2.24, 2.45) is 5.92 Å². The molecule has 0 unspecified atom stereocenters. The third-order valence-corrected chi connectivity index (χ3v) is 7.49. The van der Waals surface area contributed by atoms with Crippen LogP contribution in [0.3, 0.4) is 0 Å². The molecule has 0 fully saturated rings. The van der Waals surface area contributed by atoms with Crippen molar-refractivity contribution in [1.29, 1.82) is 0 Å². The Morgan fingerprint density at radius 2 is 2.20 bits per heavy atom. The molecule has 0 radical (unpaired) electrons. The van der Waals surface area contributed by atoms with Gasteiger partial charge in [-0.2, -0.15) is 0 Å². The van der Waals surface area contributed by atoms with E-state index in [1.54, 1.807) is 23.5 Å². The maximum absolute atomic E-state index is 13.7. The van der Waals surface area contributed by atoms with Crippen molar-refractivity contribution in [3.8, 4) is 0 Å². The Hall–Kier alpha value is -2.52. The van der Waals surface area contributed by atoms with Crippen LogP contribution >= 0.6 is 23.1 Å². The first kappa shape index (κ1) is 19.4. The number of carbonyl (C=O) groups is 1. The standard InChI is InChI=1S/C21H20FN5OS2/c1-11-7-8-13-16(9-11)30-20-18(13)19-25-26-21(27(19)12(2)23-20)29-10-17(28)24-15-6-4-3-5-14(15)22/h3-6,11H,7-10H2,1-2H3,(H,24,28)/t11-/m1/s1. The van der Waals surface area contributed by atoms with Gasteiger partial charge in [-0.25, -0.2) is 9.37 Å². The van der Waals surface area contributed by atoms with Crippen LogP contribution in [0.4, 0.5) is 10.1 Å². The van der Waals surface area contributed by atoms with Gasteiger partial charge in [0, 0.05) is 4.88 Å². The number of nitrogens with zero attached hydrogens (tertiary/aromatic N) is 4. The van der Waals surface area contributed by atoms with Gasteiger partial charge in [-0.05, 0) is 49.8 Å². The molecule has 1 aromatic carbocycles. The minimum absolute atomic E-state index is 0.103. The first-order valence-corrected chi connectivity index (χ1v) is 11.6. The summed E-state index contributed by atoms with van der Waals surface area (Å²) in [5.74, 6) is 0.843. The number of para-hydroxylation sites is 1. The van der Waals surface area contributed by atoms with Gasteiger partial charge in [0.25, 0.3) is 0 Å². The number of aryl methyl sites for hydroxylation is 2. The highest BCUT2D eigenvalue weighted by atomic mass is 32.2.